The highest BCUT2D eigenvalue weighted by atomic mass is 16.5. The minimum atomic E-state index is 0.838. The van der Waals surface area contributed by atoms with Crippen molar-refractivity contribution in [3.63, 3.8) is 0 Å². The minimum absolute atomic E-state index is 0.838. The molecule has 0 N–H and O–H groups in total. The number of ether oxygens (including phenoxy) is 1. The quantitative estimate of drug-likeness (QED) is 0.639. The lowest BCUT2D eigenvalue weighted by atomic mass is 10.5. The van der Waals surface area contributed by atoms with Crippen molar-refractivity contribution in [2.75, 3.05) is 74.6 Å². The molecule has 0 bridgehead atoms. The van der Waals surface area contributed by atoms with Crippen LogP contribution >= 0.6 is 0 Å². The van der Waals surface area contributed by atoms with Crippen LogP contribution in [0.5, 0.6) is 0 Å². The van der Waals surface area contributed by atoms with Gasteiger partial charge in [0.05, 0.1) is 6.61 Å². The molecule has 0 aliphatic rings. The van der Waals surface area contributed by atoms with Gasteiger partial charge in [-0.1, -0.05) is 13.8 Å². The van der Waals surface area contributed by atoms with Gasteiger partial charge in [0.2, 0.25) is 0 Å². The largest absolute Gasteiger partial charge is 0.383 e. The molecule has 0 aromatic carbocycles. The third-order valence-corrected chi connectivity index (χ3v) is 2.69. The maximum absolute atomic E-state index is 4.87. The van der Waals surface area contributed by atoms with Gasteiger partial charge in [0.15, 0.2) is 0 Å². The van der Waals surface area contributed by atoms with E-state index in [4.69, 9.17) is 4.74 Å². The molecule has 0 aromatic rings. The summed E-state index contributed by atoms with van der Waals surface area (Å²) in [5, 5.41) is 0. The van der Waals surface area contributed by atoms with Gasteiger partial charge >= 0.3 is 0 Å². The molecule has 4 nitrogen and oxygen atoms in total. The van der Waals surface area contributed by atoms with Crippen molar-refractivity contribution in [3.05, 3.63) is 0 Å². The van der Waals surface area contributed by atoms with E-state index >= 15 is 0 Å². The van der Waals surface area contributed by atoms with Crippen molar-refractivity contribution in [2.45, 2.75) is 13.8 Å². The van der Waals surface area contributed by atoms with Crippen molar-refractivity contribution in [1.29, 1.82) is 0 Å². The van der Waals surface area contributed by atoms with Crippen molar-refractivity contribution >= 4 is 0 Å². The highest BCUT2D eigenvalue weighted by molar-refractivity contribution is 4.49. The fraction of sp³-hybridized carbons (Fsp3) is 1.00. The fourth-order valence-corrected chi connectivity index (χ4v) is 0.934. The Bertz CT molecular complexity index is 143. The number of methoxy groups -OCH3 is 1. The number of likely N-dealkylation sites (N-methyl/N-ethyl adjacent to an activating group) is 3. The average molecular weight is 247 g/mol. The molecule has 0 spiro atoms. The van der Waals surface area contributed by atoms with Gasteiger partial charge in [-0.15, -0.1) is 0 Å². The molecule has 106 valence electrons. The van der Waals surface area contributed by atoms with Gasteiger partial charge in [0.1, 0.15) is 0 Å². The van der Waals surface area contributed by atoms with Gasteiger partial charge in [-0.3, -0.25) is 0 Å². The highest BCUT2D eigenvalue weighted by Gasteiger charge is 1.93. The van der Waals surface area contributed by atoms with Crippen LogP contribution in [-0.2, 0) is 4.74 Å². The van der Waals surface area contributed by atoms with E-state index in [1.165, 1.54) is 6.54 Å². The van der Waals surface area contributed by atoms with E-state index in [0.717, 1.165) is 32.8 Å². The summed E-state index contributed by atoms with van der Waals surface area (Å²) in [6.45, 7) is 10.8. The van der Waals surface area contributed by atoms with Crippen LogP contribution in [0, 0.1) is 0 Å². The first kappa shape index (κ1) is 19.2. The second-order valence-corrected chi connectivity index (χ2v) is 4.59. The van der Waals surface area contributed by atoms with Crippen LogP contribution < -0.4 is 0 Å². The minimum Gasteiger partial charge on any atom is -0.383 e. The Balaban J connectivity index is 0. The van der Waals surface area contributed by atoms with E-state index in [2.05, 4.69) is 56.7 Å². The van der Waals surface area contributed by atoms with Gasteiger partial charge < -0.3 is 19.4 Å². The summed E-state index contributed by atoms with van der Waals surface area (Å²) in [5.74, 6) is 0. The van der Waals surface area contributed by atoms with Crippen LogP contribution in [0.2, 0.25) is 0 Å². The monoisotopic (exact) mass is 247 g/mol. The summed E-state index contributed by atoms with van der Waals surface area (Å²) in [5.41, 5.74) is 0. The third kappa shape index (κ3) is 18.4. The molecule has 0 aliphatic heterocycles. The first-order valence-corrected chi connectivity index (χ1v) is 6.48. The zero-order chi connectivity index (χ0) is 13.7. The van der Waals surface area contributed by atoms with Gasteiger partial charge in [0, 0.05) is 26.7 Å². The molecular formula is C13H33N3O. The topological polar surface area (TPSA) is 19.0 Å². The van der Waals surface area contributed by atoms with Crippen LogP contribution in [0.15, 0.2) is 0 Å². The number of nitrogens with zero attached hydrogens (tertiary/aromatic N) is 3. The fourth-order valence-electron chi connectivity index (χ4n) is 0.934. The first-order valence-electron chi connectivity index (χ1n) is 6.48. The van der Waals surface area contributed by atoms with Crippen molar-refractivity contribution < 1.29 is 4.74 Å². The number of hydrogen-bond acceptors (Lipinski definition) is 4. The summed E-state index contributed by atoms with van der Waals surface area (Å²) < 4.78 is 4.87. The second kappa shape index (κ2) is 13.9. The van der Waals surface area contributed by atoms with Gasteiger partial charge in [0.25, 0.3) is 0 Å². The van der Waals surface area contributed by atoms with Crippen molar-refractivity contribution in [1.82, 2.24) is 14.7 Å². The van der Waals surface area contributed by atoms with Crippen molar-refractivity contribution in [3.8, 4) is 0 Å². The lowest BCUT2D eigenvalue weighted by molar-refractivity contribution is 0.164. The van der Waals surface area contributed by atoms with Gasteiger partial charge in [-0.25, -0.2) is 0 Å². The Hall–Kier alpha value is -0.160. The molecule has 0 fully saturated rings. The molecule has 0 aromatic heterocycles. The Labute approximate surface area is 109 Å². The zero-order valence-corrected chi connectivity index (χ0v) is 13.0. The summed E-state index contributed by atoms with van der Waals surface area (Å²) in [7, 11) is 10.2. The molecular weight excluding hydrogens is 214 g/mol. The number of rotatable bonds is 8. The normalized spacial score (nSPS) is 10.9. The highest BCUT2D eigenvalue weighted by Crippen LogP contribution is 1.81. The summed E-state index contributed by atoms with van der Waals surface area (Å²) in [4.78, 5) is 6.72. The van der Waals surface area contributed by atoms with E-state index in [0.29, 0.717) is 0 Å². The van der Waals surface area contributed by atoms with Crippen molar-refractivity contribution in [2.24, 2.45) is 0 Å². The molecule has 0 atom stereocenters. The predicted octanol–water partition coefficient (Wildman–Crippen LogP) is 1.08. The summed E-state index contributed by atoms with van der Waals surface area (Å²) in [6.07, 6.45) is 0. The molecule has 0 radical (unpaired) electrons. The first-order chi connectivity index (χ1) is 7.97. The maximum Gasteiger partial charge on any atom is 0.0589 e. The molecule has 0 saturated carbocycles. The molecule has 0 rings (SSSR count). The summed E-state index contributed by atoms with van der Waals surface area (Å²) >= 11 is 0. The molecule has 17 heavy (non-hydrogen) atoms. The maximum atomic E-state index is 4.87. The Kier molecular flexibility index (Phi) is 15.7. The van der Waals surface area contributed by atoms with Crippen LogP contribution in [0.3, 0.4) is 0 Å². The van der Waals surface area contributed by atoms with Gasteiger partial charge in [-0.2, -0.15) is 0 Å². The SMILES string of the molecule is CCN(C)CCN(C)C.CCN(C)CCOC. The molecule has 0 amide bonds. The van der Waals surface area contributed by atoms with Gasteiger partial charge in [-0.05, 0) is 41.3 Å². The van der Waals surface area contributed by atoms with E-state index in [-0.39, 0.29) is 0 Å². The Morgan fingerprint density at radius 3 is 1.59 bits per heavy atom. The predicted molar refractivity (Wildman–Crippen MR) is 76.8 cm³/mol. The molecule has 0 heterocycles. The Morgan fingerprint density at radius 1 is 0.765 bits per heavy atom. The van der Waals surface area contributed by atoms with Crippen LogP contribution in [0.25, 0.3) is 0 Å². The molecule has 0 saturated heterocycles. The lowest BCUT2D eigenvalue weighted by Crippen LogP contribution is -2.28. The van der Waals surface area contributed by atoms with E-state index in [1.54, 1.807) is 7.11 Å². The second-order valence-electron chi connectivity index (χ2n) is 4.59. The van der Waals surface area contributed by atoms with E-state index < -0.39 is 0 Å². The van der Waals surface area contributed by atoms with Crippen LogP contribution in [-0.4, -0.2) is 89.3 Å². The Morgan fingerprint density at radius 2 is 1.24 bits per heavy atom. The van der Waals surface area contributed by atoms with E-state index in [9.17, 15) is 0 Å². The number of hydrogen-bond donors (Lipinski definition) is 0. The summed E-state index contributed by atoms with van der Waals surface area (Å²) in [6, 6.07) is 0. The zero-order valence-electron chi connectivity index (χ0n) is 13.0. The van der Waals surface area contributed by atoms with E-state index in [1.807, 2.05) is 0 Å². The third-order valence-electron chi connectivity index (χ3n) is 2.69. The lowest BCUT2D eigenvalue weighted by Gasteiger charge is -2.16. The van der Waals surface area contributed by atoms with Crippen LogP contribution in [0.1, 0.15) is 13.8 Å². The smallest absolute Gasteiger partial charge is 0.0589 e. The molecule has 4 heteroatoms. The molecule has 0 unspecified atom stereocenters. The molecule has 0 aliphatic carbocycles. The van der Waals surface area contributed by atoms with Crippen LogP contribution in [0.4, 0.5) is 0 Å². The average Bonchev–Trinajstić information content (AvgIpc) is 2.33. The standard InChI is InChI=1S/C7H18N2.C6H15NO/c1-5-9(4)7-6-8(2)3;1-4-7(2)5-6-8-3/h5-7H2,1-4H3;4-6H2,1-3H3.